The van der Waals surface area contributed by atoms with Gasteiger partial charge >= 0.3 is 0 Å². The molecule has 0 aromatic carbocycles. The van der Waals surface area contributed by atoms with E-state index in [1.54, 1.807) is 24.4 Å². The van der Waals surface area contributed by atoms with Crippen molar-refractivity contribution in [3.05, 3.63) is 30.1 Å². The van der Waals surface area contributed by atoms with Crippen LogP contribution in [-0.4, -0.2) is 4.98 Å². The van der Waals surface area contributed by atoms with E-state index in [0.29, 0.717) is 5.56 Å². The normalized spacial score (nSPS) is 10.6. The van der Waals surface area contributed by atoms with E-state index < -0.39 is 5.66 Å². The maximum Gasteiger partial charge on any atom is 0.181 e. The number of aromatic nitrogens is 1. The second kappa shape index (κ2) is 2.66. The summed E-state index contributed by atoms with van der Waals surface area (Å²) in [6, 6.07) is 5.12. The Balaban J connectivity index is 3.05. The number of nitrogens with two attached hydrogens (primary N) is 2. The largest absolute Gasteiger partial charge is 0.297 e. The molecule has 4 heteroatoms. The van der Waals surface area contributed by atoms with Crippen LogP contribution in [0.1, 0.15) is 5.56 Å². The second-order valence-electron chi connectivity index (χ2n) is 2.22. The van der Waals surface area contributed by atoms with Gasteiger partial charge in [0.25, 0.3) is 0 Å². The Morgan fingerprint density at radius 3 is 2.73 bits per heavy atom. The lowest BCUT2D eigenvalue weighted by molar-refractivity contribution is 0.606. The van der Waals surface area contributed by atoms with Gasteiger partial charge in [-0.25, -0.2) is 0 Å². The summed E-state index contributed by atoms with van der Waals surface area (Å²) < 4.78 is 0. The Morgan fingerprint density at radius 2 is 2.27 bits per heavy atom. The minimum atomic E-state index is -1.42. The van der Waals surface area contributed by atoms with Crippen molar-refractivity contribution < 1.29 is 0 Å². The molecule has 0 bridgehead atoms. The topological polar surface area (TPSA) is 88.7 Å². The maximum atomic E-state index is 8.52. The van der Waals surface area contributed by atoms with E-state index in [1.165, 1.54) is 6.20 Å². The molecule has 0 spiro atoms. The molecule has 0 amide bonds. The van der Waals surface area contributed by atoms with E-state index in [1.807, 2.05) is 0 Å². The van der Waals surface area contributed by atoms with Gasteiger partial charge in [-0.3, -0.25) is 16.5 Å². The minimum Gasteiger partial charge on any atom is -0.297 e. The lowest BCUT2D eigenvalue weighted by Crippen LogP contribution is -2.44. The molecule has 11 heavy (non-hydrogen) atoms. The first-order valence-electron chi connectivity index (χ1n) is 3.06. The molecule has 0 aliphatic rings. The fourth-order valence-electron chi connectivity index (χ4n) is 0.672. The summed E-state index contributed by atoms with van der Waals surface area (Å²) in [6.45, 7) is 0. The number of rotatable bonds is 1. The summed E-state index contributed by atoms with van der Waals surface area (Å²) in [5.41, 5.74) is 9.92. The quantitative estimate of drug-likeness (QED) is 0.534. The van der Waals surface area contributed by atoms with Crippen LogP contribution < -0.4 is 11.5 Å². The predicted octanol–water partition coefficient (Wildman–Crippen LogP) is -0.325. The number of nitrogens with zero attached hydrogens (tertiary/aromatic N) is 2. The lowest BCUT2D eigenvalue weighted by atomic mass is 10.1. The highest BCUT2D eigenvalue weighted by atomic mass is 15.0. The fourth-order valence-corrected chi connectivity index (χ4v) is 0.672. The van der Waals surface area contributed by atoms with Crippen molar-refractivity contribution in [1.29, 1.82) is 5.26 Å². The minimum absolute atomic E-state index is 0.516. The molecule has 4 nitrogen and oxygen atoms in total. The van der Waals surface area contributed by atoms with Gasteiger partial charge < -0.3 is 0 Å². The van der Waals surface area contributed by atoms with Crippen LogP contribution in [0, 0.1) is 11.3 Å². The SMILES string of the molecule is N#CC(N)(N)c1cccnc1. The Kier molecular flexibility index (Phi) is 1.85. The van der Waals surface area contributed by atoms with Crippen molar-refractivity contribution in [2.45, 2.75) is 5.66 Å². The first kappa shape index (κ1) is 7.66. The third kappa shape index (κ3) is 1.52. The zero-order valence-corrected chi connectivity index (χ0v) is 5.86. The summed E-state index contributed by atoms with van der Waals surface area (Å²) >= 11 is 0. The molecule has 1 aromatic rings. The molecular weight excluding hydrogens is 140 g/mol. The zero-order chi connectivity index (χ0) is 8.32. The Hall–Kier alpha value is -1.44. The van der Waals surface area contributed by atoms with Gasteiger partial charge in [-0.05, 0) is 6.07 Å². The van der Waals surface area contributed by atoms with Crippen molar-refractivity contribution in [1.82, 2.24) is 4.98 Å². The molecular formula is C7H8N4. The average Bonchev–Trinajstić information content (AvgIpc) is 2.06. The molecule has 0 radical (unpaired) electrons. The summed E-state index contributed by atoms with van der Waals surface area (Å²) in [6.07, 6.45) is 3.07. The van der Waals surface area contributed by atoms with Crippen LogP contribution in [0.15, 0.2) is 24.5 Å². The van der Waals surface area contributed by atoms with Crippen LogP contribution in [-0.2, 0) is 5.66 Å². The first-order chi connectivity index (χ1) is 5.17. The van der Waals surface area contributed by atoms with E-state index in [4.69, 9.17) is 16.7 Å². The van der Waals surface area contributed by atoms with Gasteiger partial charge in [-0.1, -0.05) is 6.07 Å². The highest BCUT2D eigenvalue weighted by molar-refractivity contribution is 5.25. The molecule has 56 valence electrons. The van der Waals surface area contributed by atoms with Crippen LogP contribution in [0.4, 0.5) is 0 Å². The summed E-state index contributed by atoms with van der Waals surface area (Å²) in [5.74, 6) is 0. The molecule has 1 heterocycles. The van der Waals surface area contributed by atoms with Crippen LogP contribution >= 0.6 is 0 Å². The molecule has 0 aliphatic heterocycles. The smallest absolute Gasteiger partial charge is 0.181 e. The Bertz CT molecular complexity index is 272. The predicted molar refractivity (Wildman–Crippen MR) is 39.9 cm³/mol. The molecule has 0 unspecified atom stereocenters. The second-order valence-corrected chi connectivity index (χ2v) is 2.22. The average molecular weight is 148 g/mol. The van der Waals surface area contributed by atoms with Gasteiger partial charge in [0.2, 0.25) is 0 Å². The van der Waals surface area contributed by atoms with Crippen molar-refractivity contribution in [2.24, 2.45) is 11.5 Å². The van der Waals surface area contributed by atoms with Crippen LogP contribution in [0.2, 0.25) is 0 Å². The molecule has 0 fully saturated rings. The standard InChI is InChI=1S/C7H8N4/c8-5-7(9,10)6-2-1-3-11-4-6/h1-4H,9-10H2. The molecule has 0 saturated heterocycles. The van der Waals surface area contributed by atoms with Crippen molar-refractivity contribution in [2.75, 3.05) is 0 Å². The third-order valence-corrected chi connectivity index (χ3v) is 1.32. The highest BCUT2D eigenvalue weighted by Crippen LogP contribution is 2.07. The van der Waals surface area contributed by atoms with Crippen LogP contribution in [0.3, 0.4) is 0 Å². The highest BCUT2D eigenvalue weighted by Gasteiger charge is 2.20. The summed E-state index contributed by atoms with van der Waals surface area (Å²) in [4.78, 5) is 3.79. The van der Waals surface area contributed by atoms with Crippen LogP contribution in [0.5, 0.6) is 0 Å². The number of hydrogen-bond donors (Lipinski definition) is 2. The zero-order valence-electron chi connectivity index (χ0n) is 5.86. The van der Waals surface area contributed by atoms with E-state index in [9.17, 15) is 0 Å². The third-order valence-electron chi connectivity index (χ3n) is 1.32. The van der Waals surface area contributed by atoms with E-state index in [-0.39, 0.29) is 0 Å². The van der Waals surface area contributed by atoms with Gasteiger partial charge in [-0.15, -0.1) is 0 Å². The maximum absolute atomic E-state index is 8.52. The number of hydrogen-bond acceptors (Lipinski definition) is 4. The molecule has 0 atom stereocenters. The Morgan fingerprint density at radius 1 is 1.55 bits per heavy atom. The van der Waals surface area contributed by atoms with Gasteiger partial charge in [0.05, 0.1) is 0 Å². The fraction of sp³-hybridized carbons (Fsp3) is 0.143. The number of pyridine rings is 1. The lowest BCUT2D eigenvalue weighted by Gasteiger charge is -2.13. The van der Waals surface area contributed by atoms with Gasteiger partial charge in [0.1, 0.15) is 6.07 Å². The first-order valence-corrected chi connectivity index (χ1v) is 3.06. The molecule has 0 aliphatic carbocycles. The molecule has 1 rings (SSSR count). The van der Waals surface area contributed by atoms with Crippen molar-refractivity contribution >= 4 is 0 Å². The summed E-state index contributed by atoms with van der Waals surface area (Å²) in [5, 5.41) is 8.52. The number of nitriles is 1. The monoisotopic (exact) mass is 148 g/mol. The van der Waals surface area contributed by atoms with Crippen molar-refractivity contribution in [3.8, 4) is 6.07 Å². The van der Waals surface area contributed by atoms with Crippen molar-refractivity contribution in [3.63, 3.8) is 0 Å². The Labute approximate surface area is 64.5 Å². The van der Waals surface area contributed by atoms with E-state index >= 15 is 0 Å². The van der Waals surface area contributed by atoms with Gasteiger partial charge in [-0.2, -0.15) is 5.26 Å². The van der Waals surface area contributed by atoms with Gasteiger partial charge in [0, 0.05) is 18.0 Å². The van der Waals surface area contributed by atoms with E-state index in [0.717, 1.165) is 0 Å². The molecule has 1 aromatic heterocycles. The van der Waals surface area contributed by atoms with E-state index in [2.05, 4.69) is 4.98 Å². The molecule has 4 N–H and O–H groups in total. The van der Waals surface area contributed by atoms with Crippen LogP contribution in [0.25, 0.3) is 0 Å². The molecule has 0 saturated carbocycles. The summed E-state index contributed by atoms with van der Waals surface area (Å²) in [7, 11) is 0. The van der Waals surface area contributed by atoms with Gasteiger partial charge in [0.15, 0.2) is 5.66 Å².